The highest BCUT2D eigenvalue weighted by atomic mass is 13.8. The van der Waals surface area contributed by atoms with Gasteiger partial charge in [-0.2, -0.15) is 0 Å². The lowest BCUT2D eigenvalue weighted by Crippen LogP contribution is -1.67. The van der Waals surface area contributed by atoms with Crippen LogP contribution < -0.4 is 0 Å². The van der Waals surface area contributed by atoms with Crippen LogP contribution in [0.25, 0.3) is 0 Å². The fourth-order valence-corrected chi connectivity index (χ4v) is 1.09. The standard InChI is InChI=1S/C12H16/c1-2-4-6-8-10-12-11-9-7-5-3-1/h1-4,7,9-10,12H,5-6,8,11H2/b3-1-,4-2+,9-7?,12-10+. The summed E-state index contributed by atoms with van der Waals surface area (Å²) in [5.41, 5.74) is 0. The van der Waals surface area contributed by atoms with Crippen molar-refractivity contribution in [1.29, 1.82) is 0 Å². The van der Waals surface area contributed by atoms with E-state index in [9.17, 15) is 0 Å². The zero-order chi connectivity index (χ0) is 8.49. The molecule has 1 aliphatic carbocycles. The zero-order valence-corrected chi connectivity index (χ0v) is 7.45. The van der Waals surface area contributed by atoms with Gasteiger partial charge in [-0.1, -0.05) is 48.6 Å². The third-order valence-corrected chi connectivity index (χ3v) is 1.76. The summed E-state index contributed by atoms with van der Waals surface area (Å²) in [6, 6.07) is 0. The smallest absolute Gasteiger partial charge is 0.0166 e. The Morgan fingerprint density at radius 3 is 2.00 bits per heavy atom. The van der Waals surface area contributed by atoms with Crippen LogP contribution in [0.4, 0.5) is 0 Å². The first-order chi connectivity index (χ1) is 6.00. The van der Waals surface area contributed by atoms with Crippen LogP contribution in [0.1, 0.15) is 25.7 Å². The van der Waals surface area contributed by atoms with Crippen LogP contribution in [0, 0.1) is 0 Å². The molecule has 0 unspecified atom stereocenters. The second-order valence-corrected chi connectivity index (χ2v) is 2.85. The van der Waals surface area contributed by atoms with Crippen molar-refractivity contribution in [1.82, 2.24) is 0 Å². The van der Waals surface area contributed by atoms with E-state index in [2.05, 4.69) is 48.6 Å². The maximum absolute atomic E-state index is 2.25. The fraction of sp³-hybridized carbons (Fsp3) is 0.333. The van der Waals surface area contributed by atoms with Crippen LogP contribution >= 0.6 is 0 Å². The van der Waals surface area contributed by atoms with Crippen LogP contribution in [0.15, 0.2) is 48.6 Å². The van der Waals surface area contributed by atoms with Crippen molar-refractivity contribution in [2.24, 2.45) is 0 Å². The van der Waals surface area contributed by atoms with Gasteiger partial charge >= 0.3 is 0 Å². The van der Waals surface area contributed by atoms with E-state index in [1.165, 1.54) is 0 Å². The zero-order valence-electron chi connectivity index (χ0n) is 7.45. The van der Waals surface area contributed by atoms with Gasteiger partial charge in [0.15, 0.2) is 0 Å². The van der Waals surface area contributed by atoms with Gasteiger partial charge in [0.05, 0.1) is 0 Å². The van der Waals surface area contributed by atoms with Gasteiger partial charge in [-0.15, -0.1) is 0 Å². The van der Waals surface area contributed by atoms with Gasteiger partial charge in [0.1, 0.15) is 0 Å². The minimum absolute atomic E-state index is 1.05. The van der Waals surface area contributed by atoms with E-state index < -0.39 is 0 Å². The molecule has 0 atom stereocenters. The molecule has 0 heteroatoms. The summed E-state index contributed by atoms with van der Waals surface area (Å²) in [5.74, 6) is 0. The van der Waals surface area contributed by atoms with Crippen molar-refractivity contribution in [3.63, 3.8) is 0 Å². The molecule has 0 saturated heterocycles. The Labute approximate surface area is 75.0 Å². The molecule has 0 saturated carbocycles. The second kappa shape index (κ2) is 6.66. The van der Waals surface area contributed by atoms with E-state index in [1.807, 2.05) is 0 Å². The predicted molar refractivity (Wildman–Crippen MR) is 55.0 cm³/mol. The van der Waals surface area contributed by atoms with E-state index in [0.29, 0.717) is 0 Å². The molecular formula is C12H16. The van der Waals surface area contributed by atoms with Gasteiger partial charge < -0.3 is 0 Å². The molecule has 0 amide bonds. The number of allylic oxidation sites excluding steroid dienone is 8. The van der Waals surface area contributed by atoms with Crippen molar-refractivity contribution in [2.45, 2.75) is 25.7 Å². The normalized spacial score (nSPS) is 26.7. The van der Waals surface area contributed by atoms with Crippen molar-refractivity contribution in [2.75, 3.05) is 0 Å². The van der Waals surface area contributed by atoms with Crippen LogP contribution in [0.5, 0.6) is 0 Å². The Kier molecular flexibility index (Phi) is 5.02. The summed E-state index contributed by atoms with van der Waals surface area (Å²) < 4.78 is 0. The topological polar surface area (TPSA) is 0 Å². The largest absolute Gasteiger partial charge is 0.0879 e. The van der Waals surface area contributed by atoms with Crippen molar-refractivity contribution in [3.05, 3.63) is 48.6 Å². The molecular weight excluding hydrogens is 144 g/mol. The summed E-state index contributed by atoms with van der Waals surface area (Å²) >= 11 is 0. The van der Waals surface area contributed by atoms with E-state index >= 15 is 0 Å². The second-order valence-electron chi connectivity index (χ2n) is 2.85. The Hall–Kier alpha value is -1.04. The molecule has 1 rings (SSSR count). The van der Waals surface area contributed by atoms with Gasteiger partial charge in [0.2, 0.25) is 0 Å². The van der Waals surface area contributed by atoms with Gasteiger partial charge in [-0.25, -0.2) is 0 Å². The van der Waals surface area contributed by atoms with E-state index in [-0.39, 0.29) is 0 Å². The first-order valence-corrected chi connectivity index (χ1v) is 4.62. The minimum Gasteiger partial charge on any atom is -0.0879 e. The first kappa shape index (κ1) is 9.05. The Bertz CT molecular complexity index is 204. The van der Waals surface area contributed by atoms with Gasteiger partial charge in [-0.3, -0.25) is 0 Å². The average molecular weight is 160 g/mol. The molecule has 0 aromatic rings. The molecule has 0 nitrogen and oxygen atoms in total. The van der Waals surface area contributed by atoms with Crippen molar-refractivity contribution >= 4 is 0 Å². The lowest BCUT2D eigenvalue weighted by atomic mass is 10.2. The molecule has 0 aliphatic heterocycles. The highest BCUT2D eigenvalue weighted by Gasteiger charge is 1.77. The number of rotatable bonds is 0. The van der Waals surface area contributed by atoms with Crippen molar-refractivity contribution in [3.8, 4) is 0 Å². The molecule has 0 aromatic carbocycles. The highest BCUT2D eigenvalue weighted by molar-refractivity contribution is 5.06. The molecule has 64 valence electrons. The van der Waals surface area contributed by atoms with E-state index in [0.717, 1.165) is 25.7 Å². The fourth-order valence-electron chi connectivity index (χ4n) is 1.09. The quantitative estimate of drug-likeness (QED) is 0.473. The van der Waals surface area contributed by atoms with Gasteiger partial charge in [0, 0.05) is 0 Å². The summed E-state index contributed by atoms with van der Waals surface area (Å²) in [6.07, 6.45) is 22.0. The summed E-state index contributed by atoms with van der Waals surface area (Å²) in [6.45, 7) is 0. The van der Waals surface area contributed by atoms with E-state index in [4.69, 9.17) is 0 Å². The molecule has 0 aromatic heterocycles. The molecule has 0 fully saturated rings. The van der Waals surface area contributed by atoms with Crippen LogP contribution in [-0.2, 0) is 0 Å². The Balaban J connectivity index is 2.41. The van der Waals surface area contributed by atoms with Crippen LogP contribution in [0.3, 0.4) is 0 Å². The van der Waals surface area contributed by atoms with Gasteiger partial charge in [-0.05, 0) is 25.7 Å². The summed E-state index contributed by atoms with van der Waals surface area (Å²) in [5, 5.41) is 0. The third-order valence-electron chi connectivity index (χ3n) is 1.76. The molecule has 0 radical (unpaired) electrons. The maximum atomic E-state index is 2.25. The third kappa shape index (κ3) is 4.73. The average Bonchev–Trinajstić information content (AvgIpc) is 2.05. The summed E-state index contributed by atoms with van der Waals surface area (Å²) in [4.78, 5) is 0. The van der Waals surface area contributed by atoms with Crippen LogP contribution in [-0.4, -0.2) is 0 Å². The SMILES string of the molecule is C1=CC/C=C/CC/C=C/C=C\C1. The maximum Gasteiger partial charge on any atom is -0.0166 e. The Morgan fingerprint density at radius 1 is 0.500 bits per heavy atom. The number of hydrogen-bond acceptors (Lipinski definition) is 0. The molecule has 0 spiro atoms. The van der Waals surface area contributed by atoms with Crippen molar-refractivity contribution < 1.29 is 0 Å². The lowest BCUT2D eigenvalue weighted by Gasteiger charge is -1.88. The van der Waals surface area contributed by atoms with Gasteiger partial charge in [0.25, 0.3) is 0 Å². The monoisotopic (exact) mass is 160 g/mol. The first-order valence-electron chi connectivity index (χ1n) is 4.62. The molecule has 1 aliphatic rings. The Morgan fingerprint density at radius 2 is 1.08 bits per heavy atom. The highest BCUT2D eigenvalue weighted by Crippen LogP contribution is 1.98. The lowest BCUT2D eigenvalue weighted by molar-refractivity contribution is 1.04. The molecule has 0 bridgehead atoms. The number of hydrogen-bond donors (Lipinski definition) is 0. The minimum atomic E-state index is 1.05. The van der Waals surface area contributed by atoms with Crippen LogP contribution in [0.2, 0.25) is 0 Å². The molecule has 0 N–H and O–H groups in total. The molecule has 0 heterocycles. The van der Waals surface area contributed by atoms with E-state index in [1.54, 1.807) is 0 Å². The molecule has 12 heavy (non-hydrogen) atoms. The predicted octanol–water partition coefficient (Wildman–Crippen LogP) is 3.79. The summed E-state index contributed by atoms with van der Waals surface area (Å²) in [7, 11) is 0.